The summed E-state index contributed by atoms with van der Waals surface area (Å²) >= 11 is 5.89. The smallest absolute Gasteiger partial charge is 0.305 e. The minimum atomic E-state index is -1.11. The zero-order valence-corrected chi connectivity index (χ0v) is 16.3. The van der Waals surface area contributed by atoms with E-state index in [2.05, 4.69) is 0 Å². The van der Waals surface area contributed by atoms with Crippen molar-refractivity contribution in [2.24, 2.45) is 0 Å². The first-order valence-electron chi connectivity index (χ1n) is 9.02. The van der Waals surface area contributed by atoms with Gasteiger partial charge in [0.05, 0.1) is 18.0 Å². The molecule has 30 heavy (non-hydrogen) atoms. The molecule has 154 valence electrons. The molecule has 2 aliphatic heterocycles. The van der Waals surface area contributed by atoms with E-state index in [0.29, 0.717) is 27.6 Å². The lowest BCUT2D eigenvalue weighted by Gasteiger charge is -2.25. The highest BCUT2D eigenvalue weighted by Gasteiger charge is 2.46. The molecule has 1 amide bonds. The zero-order valence-electron chi connectivity index (χ0n) is 15.5. The van der Waals surface area contributed by atoms with Crippen molar-refractivity contribution in [3.63, 3.8) is 0 Å². The average molecular weight is 430 g/mol. The number of ketones is 1. The van der Waals surface area contributed by atoms with Gasteiger partial charge in [0.1, 0.15) is 5.76 Å². The van der Waals surface area contributed by atoms with Gasteiger partial charge in [0.25, 0.3) is 11.7 Å². The van der Waals surface area contributed by atoms with E-state index in [1.807, 2.05) is 0 Å². The van der Waals surface area contributed by atoms with E-state index in [4.69, 9.17) is 26.2 Å². The maximum atomic E-state index is 12.8. The van der Waals surface area contributed by atoms with Crippen LogP contribution in [-0.2, 0) is 14.4 Å². The Morgan fingerprint density at radius 3 is 2.47 bits per heavy atom. The number of amides is 1. The summed E-state index contributed by atoms with van der Waals surface area (Å²) < 4.78 is 10.7. The molecule has 0 bridgehead atoms. The number of Topliss-reactive ketones (excluding diaryl/α,β-unsaturated/α-hetero) is 1. The minimum Gasteiger partial charge on any atom is -0.507 e. The van der Waals surface area contributed by atoms with E-state index in [9.17, 15) is 19.5 Å². The normalized spacial score (nSPS) is 19.4. The first-order valence-corrected chi connectivity index (χ1v) is 9.40. The number of rotatable bonds is 5. The molecule has 2 aliphatic rings. The number of carboxylic acids is 1. The average Bonchev–Trinajstić information content (AvgIpc) is 3.29. The number of aliphatic carboxylic acids is 1. The van der Waals surface area contributed by atoms with Crippen molar-refractivity contribution in [1.29, 1.82) is 0 Å². The Kier molecular flexibility index (Phi) is 5.09. The number of nitrogens with zero attached hydrogens (tertiary/aromatic N) is 1. The molecule has 0 spiro atoms. The molecule has 0 saturated carbocycles. The zero-order chi connectivity index (χ0) is 21.4. The summed E-state index contributed by atoms with van der Waals surface area (Å²) in [5.41, 5.74) is 0.660. The van der Waals surface area contributed by atoms with Gasteiger partial charge in [-0.25, -0.2) is 0 Å². The second-order valence-corrected chi connectivity index (χ2v) is 7.19. The van der Waals surface area contributed by atoms with Crippen molar-refractivity contribution in [3.8, 4) is 11.5 Å². The highest BCUT2D eigenvalue weighted by molar-refractivity contribution is 6.46. The van der Waals surface area contributed by atoms with E-state index in [1.54, 1.807) is 30.3 Å². The van der Waals surface area contributed by atoms with E-state index < -0.39 is 23.7 Å². The topological polar surface area (TPSA) is 113 Å². The minimum absolute atomic E-state index is 0.0444. The number of carbonyl (C=O) groups excluding carboxylic acids is 2. The Morgan fingerprint density at radius 2 is 1.77 bits per heavy atom. The molecule has 2 aromatic carbocycles. The Bertz CT molecular complexity index is 1080. The van der Waals surface area contributed by atoms with Crippen LogP contribution >= 0.6 is 11.6 Å². The first-order chi connectivity index (χ1) is 14.4. The highest BCUT2D eigenvalue weighted by atomic mass is 35.5. The van der Waals surface area contributed by atoms with Gasteiger partial charge in [-0.2, -0.15) is 0 Å². The molecule has 0 aliphatic carbocycles. The Morgan fingerprint density at radius 1 is 1.07 bits per heavy atom. The molecule has 0 aromatic heterocycles. The van der Waals surface area contributed by atoms with Crippen LogP contribution in [0.15, 0.2) is 48.0 Å². The fourth-order valence-corrected chi connectivity index (χ4v) is 3.65. The van der Waals surface area contributed by atoms with Gasteiger partial charge in [-0.05, 0) is 42.0 Å². The Balaban J connectivity index is 1.84. The summed E-state index contributed by atoms with van der Waals surface area (Å²) in [4.78, 5) is 37.7. The number of hydrogen-bond donors (Lipinski definition) is 2. The van der Waals surface area contributed by atoms with E-state index in [-0.39, 0.29) is 31.1 Å². The van der Waals surface area contributed by atoms with Gasteiger partial charge in [-0.1, -0.05) is 17.7 Å². The molecule has 0 radical (unpaired) electrons. The molecule has 2 aromatic rings. The molecule has 9 heteroatoms. The van der Waals surface area contributed by atoms with Gasteiger partial charge < -0.3 is 24.6 Å². The van der Waals surface area contributed by atoms with Crippen LogP contribution in [0.3, 0.4) is 0 Å². The van der Waals surface area contributed by atoms with Crippen LogP contribution in [0.1, 0.15) is 23.6 Å². The third-order valence-corrected chi connectivity index (χ3v) is 5.19. The summed E-state index contributed by atoms with van der Waals surface area (Å²) in [5, 5.41) is 20.4. The molecular formula is C21H16ClNO7. The number of carbonyl (C=O) groups is 3. The molecule has 2 N–H and O–H groups in total. The monoisotopic (exact) mass is 429 g/mol. The Hall–Kier alpha value is -3.52. The van der Waals surface area contributed by atoms with Crippen LogP contribution in [0, 0.1) is 0 Å². The lowest BCUT2D eigenvalue weighted by Crippen LogP contribution is -2.31. The second kappa shape index (κ2) is 7.72. The van der Waals surface area contributed by atoms with Crippen LogP contribution in [0.5, 0.6) is 11.5 Å². The van der Waals surface area contributed by atoms with Crippen molar-refractivity contribution in [2.45, 2.75) is 12.5 Å². The molecule has 1 fully saturated rings. The van der Waals surface area contributed by atoms with Gasteiger partial charge in [0, 0.05) is 17.1 Å². The lowest BCUT2D eigenvalue weighted by molar-refractivity contribution is -0.142. The number of ether oxygens (including phenoxy) is 2. The molecular weight excluding hydrogens is 414 g/mol. The molecule has 8 nitrogen and oxygen atoms in total. The van der Waals surface area contributed by atoms with E-state index >= 15 is 0 Å². The number of aliphatic hydroxyl groups excluding tert-OH is 1. The molecule has 1 saturated heterocycles. The predicted molar refractivity (Wildman–Crippen MR) is 105 cm³/mol. The van der Waals surface area contributed by atoms with Crippen LogP contribution in [0.25, 0.3) is 5.76 Å². The van der Waals surface area contributed by atoms with Crippen molar-refractivity contribution < 1.29 is 34.1 Å². The maximum Gasteiger partial charge on any atom is 0.305 e. The number of hydrogen-bond acceptors (Lipinski definition) is 6. The highest BCUT2D eigenvalue weighted by Crippen LogP contribution is 2.43. The van der Waals surface area contributed by atoms with Crippen LogP contribution in [-0.4, -0.2) is 46.1 Å². The van der Waals surface area contributed by atoms with Crippen molar-refractivity contribution >= 4 is 35.0 Å². The lowest BCUT2D eigenvalue weighted by atomic mass is 9.95. The van der Waals surface area contributed by atoms with Crippen molar-refractivity contribution in [3.05, 3.63) is 64.2 Å². The van der Waals surface area contributed by atoms with Gasteiger partial charge in [0.2, 0.25) is 6.79 Å². The number of carboxylic acid groups (broad SMARTS) is 1. The van der Waals surface area contributed by atoms with Crippen molar-refractivity contribution in [1.82, 2.24) is 4.90 Å². The number of aliphatic hydroxyl groups is 1. The second-order valence-electron chi connectivity index (χ2n) is 6.76. The predicted octanol–water partition coefficient (Wildman–Crippen LogP) is 2.97. The molecule has 2 heterocycles. The summed E-state index contributed by atoms with van der Waals surface area (Å²) in [6.07, 6.45) is -0.352. The molecule has 1 unspecified atom stereocenters. The largest absolute Gasteiger partial charge is 0.507 e. The SMILES string of the molecule is O=C(O)CCN1C(=O)C(=O)/C(=C(/O)c2ccc(Cl)cc2)C1c1ccc2c(c1)OCO2. The maximum absolute atomic E-state index is 12.8. The van der Waals surface area contributed by atoms with Gasteiger partial charge >= 0.3 is 5.97 Å². The third kappa shape index (κ3) is 3.46. The van der Waals surface area contributed by atoms with Crippen LogP contribution < -0.4 is 9.47 Å². The summed E-state index contributed by atoms with van der Waals surface area (Å²) in [6.45, 7) is -0.154. The summed E-state index contributed by atoms with van der Waals surface area (Å²) in [7, 11) is 0. The quantitative estimate of drug-likeness (QED) is 0.426. The van der Waals surface area contributed by atoms with Gasteiger partial charge in [0.15, 0.2) is 11.5 Å². The fourth-order valence-electron chi connectivity index (χ4n) is 3.52. The van der Waals surface area contributed by atoms with Crippen molar-refractivity contribution in [2.75, 3.05) is 13.3 Å². The van der Waals surface area contributed by atoms with E-state index in [0.717, 1.165) is 4.90 Å². The van der Waals surface area contributed by atoms with E-state index in [1.165, 1.54) is 12.1 Å². The first kappa shape index (κ1) is 19.8. The third-order valence-electron chi connectivity index (χ3n) is 4.94. The Labute approximate surface area is 175 Å². The number of likely N-dealkylation sites (tertiary alicyclic amines) is 1. The van der Waals surface area contributed by atoms with Crippen LogP contribution in [0.2, 0.25) is 5.02 Å². The fraction of sp³-hybridized carbons (Fsp3) is 0.190. The van der Waals surface area contributed by atoms with Crippen LogP contribution in [0.4, 0.5) is 0 Å². The number of halogens is 1. The molecule has 4 rings (SSSR count). The number of benzene rings is 2. The van der Waals surface area contributed by atoms with Gasteiger partial charge in [-0.15, -0.1) is 0 Å². The standard InChI is InChI=1S/C21H16ClNO7/c22-13-4-1-11(2-5-13)19(26)17-18(12-3-6-14-15(9-12)30-10-29-14)23(8-7-16(24)25)21(28)20(17)27/h1-6,9,18,26H,7-8,10H2,(H,24,25)/b19-17+. The molecule has 1 atom stereocenters. The summed E-state index contributed by atoms with van der Waals surface area (Å²) in [6, 6.07) is 10.1. The van der Waals surface area contributed by atoms with Gasteiger partial charge in [-0.3, -0.25) is 14.4 Å². The number of fused-ring (bicyclic) bond motifs is 1. The summed E-state index contributed by atoms with van der Waals surface area (Å²) in [5.74, 6) is -2.31.